The Morgan fingerprint density at radius 3 is 1.96 bits per heavy atom. The Hall–Kier alpha value is -0.893. The van der Waals surface area contributed by atoms with Crippen LogP contribution in [0.4, 0.5) is 13.2 Å². The fraction of sp³-hybridized carbons (Fsp3) is 0.625. The highest BCUT2D eigenvalue weighted by atomic mass is 28.2. The molecule has 0 aliphatic rings. The van der Waals surface area contributed by atoms with Crippen molar-refractivity contribution in [2.75, 3.05) is 0 Å². The number of rotatable bonds is 10. The van der Waals surface area contributed by atoms with Crippen LogP contribution >= 0.6 is 0 Å². The summed E-state index contributed by atoms with van der Waals surface area (Å²) in [5.74, 6) is -2.58. The van der Waals surface area contributed by atoms with Crippen LogP contribution in [0.3, 0.4) is 0 Å². The Morgan fingerprint density at radius 1 is 0.957 bits per heavy atom. The lowest BCUT2D eigenvalue weighted by atomic mass is 10.1. The Morgan fingerprint density at radius 2 is 1.48 bits per heavy atom. The predicted molar refractivity (Wildman–Crippen MR) is 85.3 cm³/mol. The van der Waals surface area contributed by atoms with Crippen LogP contribution in [0.15, 0.2) is 12.1 Å². The molecule has 0 fully saturated rings. The molecule has 1 aromatic carbocycles. The molecular weight excluding hydrogens is 325 g/mol. The summed E-state index contributed by atoms with van der Waals surface area (Å²) < 4.78 is 56.5. The Balaban J connectivity index is 2.36. The average molecular weight is 350 g/mol. The number of halogens is 3. The first-order valence-electron chi connectivity index (χ1n) is 7.85. The largest absolute Gasteiger partial charge is 0.379 e. The zero-order valence-electron chi connectivity index (χ0n) is 14.1. The zero-order valence-corrected chi connectivity index (χ0v) is 15.5. The lowest BCUT2D eigenvalue weighted by Gasteiger charge is -2.23. The molecule has 0 saturated carbocycles. The SMILES string of the molecule is CC(C)OC(O[SiH2]CCCc1c(F)cc(F)cc1F)OC(C)C. The van der Waals surface area contributed by atoms with Crippen molar-refractivity contribution in [1.82, 2.24) is 0 Å². The predicted octanol–water partition coefficient (Wildman–Crippen LogP) is 3.69. The first kappa shape index (κ1) is 20.2. The molecular formula is C16H25F3O3Si. The topological polar surface area (TPSA) is 27.7 Å². The molecule has 0 bridgehead atoms. The first-order valence-corrected chi connectivity index (χ1v) is 9.43. The van der Waals surface area contributed by atoms with Gasteiger partial charge in [0.2, 0.25) is 0 Å². The minimum Gasteiger partial charge on any atom is -0.379 e. The molecule has 7 heteroatoms. The van der Waals surface area contributed by atoms with E-state index in [2.05, 4.69) is 0 Å². The van der Waals surface area contributed by atoms with Gasteiger partial charge in [0.1, 0.15) is 17.5 Å². The van der Waals surface area contributed by atoms with Crippen LogP contribution in [0.5, 0.6) is 0 Å². The van der Waals surface area contributed by atoms with E-state index in [1.165, 1.54) is 0 Å². The molecule has 3 nitrogen and oxygen atoms in total. The van der Waals surface area contributed by atoms with Crippen LogP contribution < -0.4 is 0 Å². The summed E-state index contributed by atoms with van der Waals surface area (Å²) in [4.78, 5) is 0. The van der Waals surface area contributed by atoms with Crippen LogP contribution in [0, 0.1) is 17.5 Å². The number of hydrogen-bond acceptors (Lipinski definition) is 3. The van der Waals surface area contributed by atoms with Crippen molar-refractivity contribution in [1.29, 1.82) is 0 Å². The second-order valence-electron chi connectivity index (χ2n) is 5.83. The summed E-state index contributed by atoms with van der Waals surface area (Å²) in [6.45, 7) is 6.87. The van der Waals surface area contributed by atoms with Gasteiger partial charge in [0.25, 0.3) is 6.48 Å². The van der Waals surface area contributed by atoms with Crippen molar-refractivity contribution in [3.05, 3.63) is 35.1 Å². The molecule has 132 valence electrons. The van der Waals surface area contributed by atoms with E-state index in [4.69, 9.17) is 13.9 Å². The van der Waals surface area contributed by atoms with Gasteiger partial charge in [-0.25, -0.2) is 13.2 Å². The van der Waals surface area contributed by atoms with E-state index in [9.17, 15) is 13.2 Å². The smallest absolute Gasteiger partial charge is 0.262 e. The quantitative estimate of drug-likeness (QED) is 0.366. The molecule has 0 N–H and O–H groups in total. The monoisotopic (exact) mass is 350 g/mol. The first-order chi connectivity index (χ1) is 10.8. The molecule has 23 heavy (non-hydrogen) atoms. The summed E-state index contributed by atoms with van der Waals surface area (Å²) in [5, 5.41) is 0. The highest BCUT2D eigenvalue weighted by molar-refractivity contribution is 6.27. The van der Waals surface area contributed by atoms with Gasteiger partial charge >= 0.3 is 0 Å². The molecule has 0 heterocycles. The summed E-state index contributed by atoms with van der Waals surface area (Å²) in [6, 6.07) is 2.13. The third-order valence-corrected chi connectivity index (χ3v) is 4.24. The molecule has 0 aromatic heterocycles. The second-order valence-corrected chi connectivity index (χ2v) is 7.28. The minimum absolute atomic E-state index is 0.0184. The van der Waals surface area contributed by atoms with Crippen LogP contribution in [0.1, 0.15) is 39.7 Å². The van der Waals surface area contributed by atoms with Crippen molar-refractivity contribution in [3.8, 4) is 0 Å². The van der Waals surface area contributed by atoms with Gasteiger partial charge in [-0.3, -0.25) is 0 Å². The van der Waals surface area contributed by atoms with E-state index in [-0.39, 0.29) is 24.2 Å². The number of hydrogen-bond donors (Lipinski definition) is 0. The third kappa shape index (κ3) is 7.96. The van der Waals surface area contributed by atoms with E-state index in [0.717, 1.165) is 6.04 Å². The van der Waals surface area contributed by atoms with Gasteiger partial charge in [0, 0.05) is 17.7 Å². The van der Waals surface area contributed by atoms with E-state index < -0.39 is 33.7 Å². The zero-order chi connectivity index (χ0) is 17.4. The van der Waals surface area contributed by atoms with Crippen LogP contribution in [-0.4, -0.2) is 28.4 Å². The molecule has 1 rings (SSSR count). The lowest BCUT2D eigenvalue weighted by Crippen LogP contribution is -2.28. The van der Waals surface area contributed by atoms with Gasteiger partial charge in [-0.1, -0.05) is 0 Å². The highest BCUT2D eigenvalue weighted by Crippen LogP contribution is 2.17. The molecule has 1 aromatic rings. The maximum absolute atomic E-state index is 13.5. The maximum atomic E-state index is 13.5. The summed E-state index contributed by atoms with van der Waals surface area (Å²) in [7, 11) is -0.939. The summed E-state index contributed by atoms with van der Waals surface area (Å²) in [5.41, 5.74) is -0.0752. The Bertz CT molecular complexity index is 451. The van der Waals surface area contributed by atoms with Crippen molar-refractivity contribution >= 4 is 9.76 Å². The minimum atomic E-state index is -0.939. The second kappa shape index (κ2) is 10.1. The Labute approximate surface area is 138 Å². The third-order valence-electron chi connectivity index (χ3n) is 2.95. The van der Waals surface area contributed by atoms with Gasteiger partial charge < -0.3 is 13.9 Å². The summed E-state index contributed by atoms with van der Waals surface area (Å²) in [6.07, 6.45) is 0.752. The van der Waals surface area contributed by atoms with Gasteiger partial charge in [-0.15, -0.1) is 0 Å². The van der Waals surface area contributed by atoms with Gasteiger partial charge in [-0.05, 0) is 46.6 Å². The van der Waals surface area contributed by atoms with Gasteiger partial charge in [-0.2, -0.15) is 0 Å². The highest BCUT2D eigenvalue weighted by Gasteiger charge is 2.14. The van der Waals surface area contributed by atoms with Crippen LogP contribution in [-0.2, 0) is 20.3 Å². The molecule has 0 saturated heterocycles. The molecule has 0 radical (unpaired) electrons. The normalized spacial score (nSPS) is 12.4. The van der Waals surface area contributed by atoms with Crippen molar-refractivity contribution in [3.63, 3.8) is 0 Å². The fourth-order valence-corrected chi connectivity index (χ4v) is 2.92. The van der Waals surface area contributed by atoms with Crippen LogP contribution in [0.25, 0.3) is 0 Å². The summed E-state index contributed by atoms with van der Waals surface area (Å²) >= 11 is 0. The molecule has 0 aliphatic heterocycles. The van der Waals surface area contributed by atoms with E-state index in [1.54, 1.807) is 0 Å². The van der Waals surface area contributed by atoms with E-state index in [1.807, 2.05) is 27.7 Å². The van der Waals surface area contributed by atoms with Crippen molar-refractivity contribution in [2.45, 2.75) is 65.3 Å². The molecule has 0 spiro atoms. The molecule has 0 aliphatic carbocycles. The van der Waals surface area contributed by atoms with Gasteiger partial charge in [0.05, 0.1) is 12.2 Å². The fourth-order valence-electron chi connectivity index (χ4n) is 1.95. The molecule has 0 unspecified atom stereocenters. The molecule has 0 atom stereocenters. The Kier molecular flexibility index (Phi) is 8.83. The van der Waals surface area contributed by atoms with Crippen molar-refractivity contribution < 1.29 is 27.1 Å². The van der Waals surface area contributed by atoms with Gasteiger partial charge in [0.15, 0.2) is 9.76 Å². The lowest BCUT2D eigenvalue weighted by molar-refractivity contribution is -0.275. The van der Waals surface area contributed by atoms with E-state index in [0.29, 0.717) is 18.6 Å². The standard InChI is InChI=1S/C16H25F3O3Si/c1-10(2)20-16(21-11(3)4)22-23-7-5-6-13-14(18)8-12(17)9-15(13)19/h8-11,16H,5-7,23H2,1-4H3. The number of benzene rings is 1. The molecule has 0 amide bonds. The average Bonchev–Trinajstić information content (AvgIpc) is 2.39. The van der Waals surface area contributed by atoms with E-state index >= 15 is 0 Å². The van der Waals surface area contributed by atoms with Crippen LogP contribution in [0.2, 0.25) is 6.04 Å². The number of ether oxygens (including phenoxy) is 2. The van der Waals surface area contributed by atoms with Crippen molar-refractivity contribution in [2.24, 2.45) is 0 Å². The maximum Gasteiger partial charge on any atom is 0.262 e.